The summed E-state index contributed by atoms with van der Waals surface area (Å²) in [5.74, 6) is 0.510. The normalized spacial score (nSPS) is 11.7. The van der Waals surface area contributed by atoms with E-state index in [9.17, 15) is 5.26 Å². The minimum Gasteiger partial charge on any atom is -0.234 e. The lowest BCUT2D eigenvalue weighted by Gasteiger charge is -2.04. The van der Waals surface area contributed by atoms with E-state index in [4.69, 9.17) is 0 Å². The fourth-order valence-corrected chi connectivity index (χ4v) is 3.77. The summed E-state index contributed by atoms with van der Waals surface area (Å²) in [5.41, 5.74) is 3.88. The summed E-state index contributed by atoms with van der Waals surface area (Å²) in [7, 11) is 0. The third-order valence-electron chi connectivity index (χ3n) is 3.54. The molecule has 0 aliphatic rings. The summed E-state index contributed by atoms with van der Waals surface area (Å²) in [6.45, 7) is 4.35. The lowest BCUT2D eigenvalue weighted by Crippen LogP contribution is -1.87. The number of hydrogen-bond acceptors (Lipinski definition) is 4. The maximum Gasteiger partial charge on any atom is 0.134 e. The number of thiophene rings is 1. The van der Waals surface area contributed by atoms with E-state index in [1.165, 1.54) is 16.9 Å². The van der Waals surface area contributed by atoms with Crippen LogP contribution in [0.4, 0.5) is 0 Å². The number of nitrogens with zero attached hydrogens (tertiary/aromatic N) is 2. The Morgan fingerprint density at radius 2 is 1.96 bits per heavy atom. The predicted octanol–water partition coefficient (Wildman–Crippen LogP) is 6.06. The van der Waals surface area contributed by atoms with Gasteiger partial charge in [0.15, 0.2) is 0 Å². The van der Waals surface area contributed by atoms with Crippen LogP contribution in [0.15, 0.2) is 47.2 Å². The van der Waals surface area contributed by atoms with E-state index < -0.39 is 0 Å². The highest BCUT2D eigenvalue weighted by Crippen LogP contribution is 2.29. The van der Waals surface area contributed by atoms with Crippen LogP contribution in [0.1, 0.15) is 35.9 Å². The zero-order valence-corrected chi connectivity index (χ0v) is 14.6. The maximum atomic E-state index is 9.47. The van der Waals surface area contributed by atoms with Gasteiger partial charge >= 0.3 is 0 Å². The van der Waals surface area contributed by atoms with Gasteiger partial charge in [0.05, 0.1) is 16.1 Å². The molecule has 2 nitrogen and oxygen atoms in total. The average molecular weight is 336 g/mol. The highest BCUT2D eigenvalue weighted by molar-refractivity contribution is 7.14. The van der Waals surface area contributed by atoms with Crippen molar-refractivity contribution >= 4 is 34.3 Å². The molecule has 0 saturated carbocycles. The zero-order chi connectivity index (χ0) is 16.2. The molecule has 4 heteroatoms. The fourth-order valence-electron chi connectivity index (χ4n) is 2.22. The van der Waals surface area contributed by atoms with Crippen LogP contribution >= 0.6 is 22.7 Å². The Labute approximate surface area is 144 Å². The first-order valence-corrected chi connectivity index (χ1v) is 9.15. The molecule has 0 aliphatic heterocycles. The number of allylic oxidation sites excluding steroid dienone is 1. The van der Waals surface area contributed by atoms with Crippen molar-refractivity contribution in [3.63, 3.8) is 0 Å². The Hall–Kier alpha value is -2.22. The monoisotopic (exact) mass is 336 g/mol. The molecule has 0 saturated heterocycles. The van der Waals surface area contributed by atoms with Crippen LogP contribution in [0.3, 0.4) is 0 Å². The number of aromatic nitrogens is 1. The summed E-state index contributed by atoms with van der Waals surface area (Å²) in [6, 6.07) is 14.7. The largest absolute Gasteiger partial charge is 0.234 e. The van der Waals surface area contributed by atoms with Crippen LogP contribution in [0.5, 0.6) is 0 Å². The summed E-state index contributed by atoms with van der Waals surface area (Å²) < 4.78 is 0. The van der Waals surface area contributed by atoms with Crippen LogP contribution in [0, 0.1) is 11.3 Å². The first-order chi connectivity index (χ1) is 11.2. The molecule has 0 radical (unpaired) electrons. The van der Waals surface area contributed by atoms with Crippen molar-refractivity contribution in [3.05, 3.63) is 63.3 Å². The SMILES string of the molecule is CC(C)c1ccc(C=C(C#N)c2nc(-c3cccs3)cs2)cc1. The highest BCUT2D eigenvalue weighted by atomic mass is 32.1. The van der Waals surface area contributed by atoms with Crippen LogP contribution in [-0.4, -0.2) is 4.98 Å². The van der Waals surface area contributed by atoms with Gasteiger partial charge in [0.2, 0.25) is 0 Å². The summed E-state index contributed by atoms with van der Waals surface area (Å²) >= 11 is 3.17. The molecule has 0 bridgehead atoms. The molecule has 0 aliphatic carbocycles. The van der Waals surface area contributed by atoms with Gasteiger partial charge in [0.1, 0.15) is 11.1 Å². The van der Waals surface area contributed by atoms with Crippen molar-refractivity contribution < 1.29 is 0 Å². The standard InChI is InChI=1S/C19H16N2S2/c1-13(2)15-7-5-14(6-8-15)10-16(11-20)19-21-17(12-23-19)18-4-3-9-22-18/h3-10,12-13H,1-2H3. The van der Waals surface area contributed by atoms with Crippen molar-refractivity contribution in [1.82, 2.24) is 4.98 Å². The summed E-state index contributed by atoms with van der Waals surface area (Å²) in [6.07, 6.45) is 1.90. The van der Waals surface area contributed by atoms with Crippen LogP contribution in [0.2, 0.25) is 0 Å². The van der Waals surface area contributed by atoms with Gasteiger partial charge in [-0.1, -0.05) is 44.2 Å². The maximum absolute atomic E-state index is 9.47. The summed E-state index contributed by atoms with van der Waals surface area (Å²) in [4.78, 5) is 5.73. The number of benzene rings is 1. The first kappa shape index (κ1) is 15.7. The molecule has 0 fully saturated rings. The lowest BCUT2D eigenvalue weighted by atomic mass is 10.0. The van der Waals surface area contributed by atoms with Gasteiger partial charge in [-0.05, 0) is 34.6 Å². The van der Waals surface area contributed by atoms with E-state index in [0.29, 0.717) is 11.5 Å². The quantitative estimate of drug-likeness (QED) is 0.543. The molecule has 114 valence electrons. The van der Waals surface area contributed by atoms with E-state index in [2.05, 4.69) is 49.2 Å². The van der Waals surface area contributed by atoms with Gasteiger partial charge in [-0.2, -0.15) is 5.26 Å². The Balaban J connectivity index is 1.89. The second-order valence-corrected chi connectivity index (χ2v) is 7.31. The second-order valence-electron chi connectivity index (χ2n) is 5.51. The lowest BCUT2D eigenvalue weighted by molar-refractivity contribution is 0.866. The minimum atomic E-state index is 0.510. The van der Waals surface area contributed by atoms with Crippen molar-refractivity contribution in [3.8, 4) is 16.6 Å². The Morgan fingerprint density at radius 1 is 1.17 bits per heavy atom. The summed E-state index contributed by atoms with van der Waals surface area (Å²) in [5, 5.41) is 14.3. The minimum absolute atomic E-state index is 0.510. The molecule has 2 heterocycles. The van der Waals surface area contributed by atoms with E-state index in [1.54, 1.807) is 11.3 Å². The molecule has 3 rings (SSSR count). The molecule has 23 heavy (non-hydrogen) atoms. The molecule has 0 spiro atoms. The van der Waals surface area contributed by atoms with Crippen molar-refractivity contribution in [2.75, 3.05) is 0 Å². The molecule has 1 aromatic carbocycles. The average Bonchev–Trinajstić information content (AvgIpc) is 3.24. The van der Waals surface area contributed by atoms with Gasteiger partial charge < -0.3 is 0 Å². The Kier molecular flexibility index (Phi) is 4.71. The van der Waals surface area contributed by atoms with E-state index in [1.807, 2.05) is 29.0 Å². The van der Waals surface area contributed by atoms with Crippen LogP contribution in [0.25, 0.3) is 22.2 Å². The van der Waals surface area contributed by atoms with Crippen molar-refractivity contribution in [2.24, 2.45) is 0 Å². The van der Waals surface area contributed by atoms with Crippen molar-refractivity contribution in [2.45, 2.75) is 19.8 Å². The smallest absolute Gasteiger partial charge is 0.134 e. The topological polar surface area (TPSA) is 36.7 Å². The number of rotatable bonds is 4. The predicted molar refractivity (Wildman–Crippen MR) is 99.4 cm³/mol. The molecule has 0 unspecified atom stereocenters. The Morgan fingerprint density at radius 3 is 2.57 bits per heavy atom. The van der Waals surface area contributed by atoms with Gasteiger partial charge in [0, 0.05) is 5.38 Å². The van der Waals surface area contributed by atoms with Crippen LogP contribution < -0.4 is 0 Å². The third-order valence-corrected chi connectivity index (χ3v) is 5.31. The van der Waals surface area contributed by atoms with Gasteiger partial charge in [0.25, 0.3) is 0 Å². The van der Waals surface area contributed by atoms with Crippen molar-refractivity contribution in [1.29, 1.82) is 5.26 Å². The van der Waals surface area contributed by atoms with Gasteiger partial charge in [-0.15, -0.1) is 22.7 Å². The van der Waals surface area contributed by atoms with E-state index in [0.717, 1.165) is 21.1 Å². The molecule has 2 aromatic heterocycles. The fraction of sp³-hybridized carbons (Fsp3) is 0.158. The molecule has 3 aromatic rings. The van der Waals surface area contributed by atoms with E-state index >= 15 is 0 Å². The molecular formula is C19H16N2S2. The molecule has 0 atom stereocenters. The molecular weight excluding hydrogens is 320 g/mol. The van der Waals surface area contributed by atoms with Gasteiger partial charge in [-0.3, -0.25) is 0 Å². The number of thiazole rings is 1. The highest BCUT2D eigenvalue weighted by Gasteiger charge is 2.09. The molecule has 0 N–H and O–H groups in total. The van der Waals surface area contributed by atoms with Crippen LogP contribution in [-0.2, 0) is 0 Å². The number of hydrogen-bond donors (Lipinski definition) is 0. The van der Waals surface area contributed by atoms with Gasteiger partial charge in [-0.25, -0.2) is 4.98 Å². The third kappa shape index (κ3) is 3.58. The number of nitriles is 1. The Bertz CT molecular complexity index is 848. The zero-order valence-electron chi connectivity index (χ0n) is 13.0. The van der Waals surface area contributed by atoms with E-state index in [-0.39, 0.29) is 0 Å². The molecule has 0 amide bonds. The first-order valence-electron chi connectivity index (χ1n) is 7.39. The second kappa shape index (κ2) is 6.91.